The number of carboxylic acid groups (broad SMARTS) is 1. The molecule has 0 amide bonds. The van der Waals surface area contributed by atoms with Crippen molar-refractivity contribution in [3.8, 4) is 5.75 Å². The van der Waals surface area contributed by atoms with E-state index in [0.717, 1.165) is 28.0 Å². The van der Waals surface area contributed by atoms with Crippen molar-refractivity contribution in [1.82, 2.24) is 0 Å². The topological polar surface area (TPSA) is 69.6 Å². The third kappa shape index (κ3) is 5.66. The predicted molar refractivity (Wildman–Crippen MR) is 81.4 cm³/mol. The van der Waals surface area contributed by atoms with Gasteiger partial charge in [-0.1, -0.05) is 42.5 Å². The van der Waals surface area contributed by atoms with Gasteiger partial charge in [-0.25, -0.2) is 0 Å². The van der Waals surface area contributed by atoms with Gasteiger partial charge >= 0.3 is 29.6 Å². The molecule has 4 nitrogen and oxygen atoms in total. The van der Waals surface area contributed by atoms with E-state index in [1.807, 2.05) is 56.3 Å². The quantitative estimate of drug-likeness (QED) is 0.660. The van der Waals surface area contributed by atoms with Gasteiger partial charge in [0.1, 0.15) is 12.4 Å². The Hall–Kier alpha value is -1.33. The van der Waals surface area contributed by atoms with Crippen LogP contribution in [0.15, 0.2) is 42.5 Å². The number of carbonyl (C=O) groups excluding carboxylic acids is 1. The molecule has 0 spiro atoms. The molecule has 5 heteroatoms. The van der Waals surface area contributed by atoms with Gasteiger partial charge in [-0.05, 0) is 36.1 Å². The smallest absolute Gasteiger partial charge is 0.547 e. The van der Waals surface area contributed by atoms with Gasteiger partial charge in [0.05, 0.1) is 12.1 Å². The third-order valence-corrected chi connectivity index (χ3v) is 3.45. The van der Waals surface area contributed by atoms with E-state index in [-0.39, 0.29) is 36.0 Å². The summed E-state index contributed by atoms with van der Waals surface area (Å²) in [4.78, 5) is 10.6. The van der Waals surface area contributed by atoms with Gasteiger partial charge < -0.3 is 19.7 Å². The van der Waals surface area contributed by atoms with Crippen LogP contribution in [0, 0.1) is 13.8 Å². The largest absolute Gasteiger partial charge is 1.00 e. The predicted octanol–water partition coefficient (Wildman–Crippen LogP) is -1.46. The molecule has 116 valence electrons. The molecule has 0 bridgehead atoms. The van der Waals surface area contributed by atoms with Crippen molar-refractivity contribution < 1.29 is 49.3 Å². The fourth-order valence-electron chi connectivity index (χ4n) is 2.42. The molecular formula is C18H19NaO4. The average molecular weight is 322 g/mol. The second-order valence-electron chi connectivity index (χ2n) is 5.37. The fraction of sp³-hybridized carbons (Fsp3) is 0.278. The van der Waals surface area contributed by atoms with Crippen LogP contribution in [0.4, 0.5) is 0 Å². The summed E-state index contributed by atoms with van der Waals surface area (Å²) >= 11 is 0. The Morgan fingerprint density at radius 1 is 1.13 bits per heavy atom. The second kappa shape index (κ2) is 9.08. The number of aliphatic hydroxyl groups is 1. The van der Waals surface area contributed by atoms with Crippen LogP contribution >= 0.6 is 0 Å². The number of aliphatic hydroxyl groups excluding tert-OH is 1. The average Bonchev–Trinajstić information content (AvgIpc) is 2.47. The van der Waals surface area contributed by atoms with Crippen LogP contribution < -0.4 is 39.4 Å². The summed E-state index contributed by atoms with van der Waals surface area (Å²) < 4.78 is 5.87. The Morgan fingerprint density at radius 2 is 1.70 bits per heavy atom. The molecule has 2 rings (SSSR count). The van der Waals surface area contributed by atoms with Crippen LogP contribution in [0.2, 0.25) is 0 Å². The maximum Gasteiger partial charge on any atom is 1.00 e. The van der Waals surface area contributed by atoms with Crippen molar-refractivity contribution in [3.05, 3.63) is 64.7 Å². The number of aryl methyl sites for hydroxylation is 2. The summed E-state index contributed by atoms with van der Waals surface area (Å²) in [5, 5.41) is 20.0. The van der Waals surface area contributed by atoms with Gasteiger partial charge in [0, 0.05) is 6.42 Å². The van der Waals surface area contributed by atoms with Gasteiger partial charge in [0.2, 0.25) is 0 Å². The minimum Gasteiger partial charge on any atom is -0.547 e. The van der Waals surface area contributed by atoms with Gasteiger partial charge in [-0.15, -0.1) is 0 Å². The van der Waals surface area contributed by atoms with Crippen LogP contribution in [-0.2, 0) is 17.8 Å². The van der Waals surface area contributed by atoms with Crippen molar-refractivity contribution in [2.45, 2.75) is 33.0 Å². The molecular weight excluding hydrogens is 303 g/mol. The number of hydrogen-bond donors (Lipinski definition) is 1. The van der Waals surface area contributed by atoms with E-state index in [2.05, 4.69) is 0 Å². The Kier molecular flexibility index (Phi) is 7.79. The number of benzene rings is 2. The van der Waals surface area contributed by atoms with Crippen LogP contribution in [0.25, 0.3) is 0 Å². The molecule has 0 aliphatic carbocycles. The summed E-state index contributed by atoms with van der Waals surface area (Å²) in [5.41, 5.74) is 3.66. The number of hydrogen-bond acceptors (Lipinski definition) is 4. The van der Waals surface area contributed by atoms with Crippen molar-refractivity contribution >= 4 is 5.97 Å². The zero-order chi connectivity index (χ0) is 16.1. The van der Waals surface area contributed by atoms with Crippen LogP contribution in [0.5, 0.6) is 5.75 Å². The molecule has 0 saturated heterocycles. The third-order valence-electron chi connectivity index (χ3n) is 3.45. The monoisotopic (exact) mass is 322 g/mol. The summed E-state index contributed by atoms with van der Waals surface area (Å²) in [7, 11) is 0. The van der Waals surface area contributed by atoms with Crippen molar-refractivity contribution in [2.24, 2.45) is 0 Å². The maximum absolute atomic E-state index is 10.6. The molecule has 0 aliphatic heterocycles. The molecule has 2 aromatic rings. The first kappa shape index (κ1) is 19.7. The van der Waals surface area contributed by atoms with E-state index in [1.54, 1.807) is 0 Å². The number of aliphatic carboxylic acids is 1. The second-order valence-corrected chi connectivity index (χ2v) is 5.37. The molecule has 0 fully saturated rings. The molecule has 2 aromatic carbocycles. The van der Waals surface area contributed by atoms with Gasteiger partial charge in [0.25, 0.3) is 0 Å². The zero-order valence-electron chi connectivity index (χ0n) is 13.7. The molecule has 0 aromatic heterocycles. The molecule has 0 heterocycles. The van der Waals surface area contributed by atoms with Crippen LogP contribution in [0.1, 0.15) is 22.3 Å². The minimum atomic E-state index is -1.49. The van der Waals surface area contributed by atoms with Gasteiger partial charge in [-0.3, -0.25) is 0 Å². The SMILES string of the molecule is Cc1cc(C[C@@H](O)C(=O)[O-])cc(C)c1OCc1ccccc1.[Na+]. The Bertz CT molecular complexity index is 632. The molecule has 0 aliphatic rings. The molecule has 1 atom stereocenters. The van der Waals surface area contributed by atoms with Gasteiger partial charge in [-0.2, -0.15) is 0 Å². The van der Waals surface area contributed by atoms with Crippen LogP contribution in [-0.4, -0.2) is 17.2 Å². The van der Waals surface area contributed by atoms with Gasteiger partial charge in [0.15, 0.2) is 0 Å². The minimum absolute atomic E-state index is 0. The summed E-state index contributed by atoms with van der Waals surface area (Å²) in [6.07, 6.45) is -1.46. The van der Waals surface area contributed by atoms with E-state index >= 15 is 0 Å². The molecule has 0 saturated carbocycles. The van der Waals surface area contributed by atoms with E-state index in [9.17, 15) is 15.0 Å². The maximum atomic E-state index is 10.6. The summed E-state index contributed by atoms with van der Waals surface area (Å²) in [6, 6.07) is 13.5. The molecule has 0 radical (unpaired) electrons. The molecule has 0 unspecified atom stereocenters. The number of ether oxygens (including phenoxy) is 1. The first-order valence-electron chi connectivity index (χ1n) is 7.13. The van der Waals surface area contributed by atoms with E-state index in [0.29, 0.717) is 6.61 Å². The molecule has 23 heavy (non-hydrogen) atoms. The fourth-order valence-corrected chi connectivity index (χ4v) is 2.42. The number of carbonyl (C=O) groups is 1. The summed E-state index contributed by atoms with van der Waals surface area (Å²) in [6.45, 7) is 4.29. The van der Waals surface area contributed by atoms with E-state index in [4.69, 9.17) is 4.74 Å². The first-order valence-corrected chi connectivity index (χ1v) is 7.13. The van der Waals surface area contributed by atoms with Crippen molar-refractivity contribution in [1.29, 1.82) is 0 Å². The van der Waals surface area contributed by atoms with E-state index < -0.39 is 12.1 Å². The van der Waals surface area contributed by atoms with Crippen LogP contribution in [0.3, 0.4) is 0 Å². The Balaban J connectivity index is 0.00000264. The van der Waals surface area contributed by atoms with Crippen molar-refractivity contribution in [3.63, 3.8) is 0 Å². The Labute approximate surface area is 158 Å². The Morgan fingerprint density at radius 3 is 2.22 bits per heavy atom. The van der Waals surface area contributed by atoms with Crippen molar-refractivity contribution in [2.75, 3.05) is 0 Å². The standard InChI is InChI=1S/C18H20O4.Na/c1-12-8-15(10-16(19)18(20)21)9-13(2)17(12)22-11-14-6-4-3-5-7-14;/h3-9,16,19H,10-11H2,1-2H3,(H,20,21);/q;+1/p-1/t16-;/m1./s1. The zero-order valence-corrected chi connectivity index (χ0v) is 15.7. The van der Waals surface area contributed by atoms with E-state index in [1.165, 1.54) is 0 Å². The molecule has 1 N–H and O–H groups in total. The first-order chi connectivity index (χ1) is 10.5. The number of carboxylic acids is 1. The summed E-state index contributed by atoms with van der Waals surface area (Å²) in [5.74, 6) is -0.671. The number of rotatable bonds is 6. The normalized spacial score (nSPS) is 11.4.